The third-order valence-electron chi connectivity index (χ3n) is 6.09. The van der Waals surface area contributed by atoms with Crippen LogP contribution >= 0.6 is 0 Å². The quantitative estimate of drug-likeness (QED) is 0.629. The van der Waals surface area contributed by atoms with E-state index in [0.717, 1.165) is 19.3 Å². The molecule has 31 heavy (non-hydrogen) atoms. The van der Waals surface area contributed by atoms with Crippen molar-refractivity contribution in [2.24, 2.45) is 11.1 Å². The molecule has 1 heterocycles. The van der Waals surface area contributed by atoms with Crippen LogP contribution in [0.3, 0.4) is 0 Å². The van der Waals surface area contributed by atoms with Gasteiger partial charge in [0.25, 0.3) is 0 Å². The molecule has 4 atom stereocenters. The summed E-state index contributed by atoms with van der Waals surface area (Å²) < 4.78 is 37.9. The molecule has 1 saturated heterocycles. The molecule has 4 N–H and O–H groups in total. The molecule has 162 valence electrons. The molecule has 0 unspecified atom stereocenters. The first-order chi connectivity index (χ1) is 14.7. The second kappa shape index (κ2) is 8.38. The Kier molecular flexibility index (Phi) is 5.79. The normalized spacial score (nSPS) is 23.3. The van der Waals surface area contributed by atoms with Crippen molar-refractivity contribution < 1.29 is 17.6 Å². The molecule has 2 aromatic carbocycles. The van der Waals surface area contributed by atoms with E-state index >= 15 is 0 Å². The highest BCUT2D eigenvalue weighted by Gasteiger charge is 2.43. The molecule has 4 rings (SSSR count). The number of primary sulfonamides is 1. The van der Waals surface area contributed by atoms with Gasteiger partial charge in [0.1, 0.15) is 11.9 Å². The zero-order chi connectivity index (χ0) is 22.2. The smallest absolute Gasteiger partial charge is 0.238 e. The first kappa shape index (κ1) is 21.4. The van der Waals surface area contributed by atoms with Gasteiger partial charge in [-0.3, -0.25) is 4.79 Å². The standard InChI is InChI=1S/C22H23FN4O3S/c23-20-11-14(13-2-1-3-19(10-13)31(25,29)30)4-5-15(20)8-18(12-24)27-22(28)21-16-6-7-17(9-16)26-21/h1-5,10-11,16-18,21,26H,6-9H2,(H,27,28)(H2,25,29,30)/t16-,17+,18-,21-/m0/s1. The van der Waals surface area contributed by atoms with Gasteiger partial charge in [-0.1, -0.05) is 24.3 Å². The Hall–Kier alpha value is -2.80. The Bertz CT molecular complexity index is 1160. The third kappa shape index (κ3) is 4.61. The van der Waals surface area contributed by atoms with Crippen LogP contribution in [-0.4, -0.2) is 32.5 Å². The Morgan fingerprint density at radius 1 is 1.26 bits per heavy atom. The van der Waals surface area contributed by atoms with Gasteiger partial charge in [-0.2, -0.15) is 5.26 Å². The van der Waals surface area contributed by atoms with Crippen LogP contribution in [0.5, 0.6) is 0 Å². The number of nitrogens with zero attached hydrogens (tertiary/aromatic N) is 1. The number of nitrogens with one attached hydrogen (secondary N) is 2. The van der Waals surface area contributed by atoms with E-state index < -0.39 is 21.9 Å². The lowest BCUT2D eigenvalue weighted by atomic mass is 9.98. The fourth-order valence-corrected chi connectivity index (χ4v) is 5.07. The van der Waals surface area contributed by atoms with Crippen LogP contribution in [0, 0.1) is 23.1 Å². The summed E-state index contributed by atoms with van der Waals surface area (Å²) in [6.45, 7) is 0. The molecule has 1 amide bonds. The van der Waals surface area contributed by atoms with Crippen LogP contribution in [0.15, 0.2) is 47.4 Å². The summed E-state index contributed by atoms with van der Waals surface area (Å²) in [7, 11) is -3.87. The molecule has 2 bridgehead atoms. The SMILES string of the molecule is N#C[C@H](Cc1ccc(-c2cccc(S(N)(=O)=O)c2)cc1F)NC(=O)[C@H]1N[C@@H]2CC[C@H]1C2. The highest BCUT2D eigenvalue weighted by Crippen LogP contribution is 2.35. The number of carbonyl (C=O) groups excluding carboxylic acids is 1. The van der Waals surface area contributed by atoms with Crippen molar-refractivity contribution in [1.82, 2.24) is 10.6 Å². The molecule has 1 aliphatic heterocycles. The summed E-state index contributed by atoms with van der Waals surface area (Å²) in [6.07, 6.45) is 3.11. The van der Waals surface area contributed by atoms with Crippen LogP contribution in [0.25, 0.3) is 11.1 Å². The Morgan fingerprint density at radius 3 is 2.65 bits per heavy atom. The van der Waals surface area contributed by atoms with Crippen molar-refractivity contribution in [2.45, 2.75) is 48.7 Å². The van der Waals surface area contributed by atoms with Crippen molar-refractivity contribution in [3.8, 4) is 17.2 Å². The van der Waals surface area contributed by atoms with Gasteiger partial charge in [-0.25, -0.2) is 17.9 Å². The molecule has 1 saturated carbocycles. The maximum Gasteiger partial charge on any atom is 0.238 e. The first-order valence-corrected chi connectivity index (χ1v) is 11.7. The number of hydrogen-bond acceptors (Lipinski definition) is 5. The number of nitriles is 1. The van der Waals surface area contributed by atoms with Gasteiger partial charge in [-0.15, -0.1) is 0 Å². The molecule has 2 aromatic rings. The predicted octanol–water partition coefficient (Wildman–Crippen LogP) is 1.83. The van der Waals surface area contributed by atoms with Gasteiger partial charge < -0.3 is 10.6 Å². The van der Waals surface area contributed by atoms with Crippen molar-refractivity contribution in [3.05, 3.63) is 53.8 Å². The van der Waals surface area contributed by atoms with Crippen molar-refractivity contribution in [3.63, 3.8) is 0 Å². The summed E-state index contributed by atoms with van der Waals surface area (Å²) in [4.78, 5) is 12.5. The Balaban J connectivity index is 1.46. The third-order valence-corrected chi connectivity index (χ3v) is 7.00. The Morgan fingerprint density at radius 2 is 2.03 bits per heavy atom. The zero-order valence-electron chi connectivity index (χ0n) is 16.7. The molecular weight excluding hydrogens is 419 g/mol. The molecule has 2 aliphatic rings. The molecule has 0 radical (unpaired) electrons. The van der Waals surface area contributed by atoms with Crippen LogP contribution in [0.2, 0.25) is 0 Å². The van der Waals surface area contributed by atoms with Crippen LogP contribution < -0.4 is 15.8 Å². The van der Waals surface area contributed by atoms with E-state index in [1.165, 1.54) is 24.3 Å². The van der Waals surface area contributed by atoms with E-state index in [1.54, 1.807) is 18.2 Å². The highest BCUT2D eigenvalue weighted by molar-refractivity contribution is 7.89. The van der Waals surface area contributed by atoms with Gasteiger partial charge in [-0.05, 0) is 60.1 Å². The molecule has 0 spiro atoms. The number of fused-ring (bicyclic) bond motifs is 2. The largest absolute Gasteiger partial charge is 0.339 e. The van der Waals surface area contributed by atoms with E-state index in [1.807, 2.05) is 6.07 Å². The molecule has 1 aliphatic carbocycles. The van der Waals surface area contributed by atoms with E-state index in [9.17, 15) is 22.9 Å². The predicted molar refractivity (Wildman–Crippen MR) is 113 cm³/mol. The maximum absolute atomic E-state index is 14.8. The lowest BCUT2D eigenvalue weighted by molar-refractivity contribution is -0.124. The van der Waals surface area contributed by atoms with Crippen molar-refractivity contribution in [1.29, 1.82) is 5.26 Å². The van der Waals surface area contributed by atoms with Gasteiger partial charge in [0, 0.05) is 12.5 Å². The second-order valence-electron chi connectivity index (χ2n) is 8.19. The fraction of sp³-hybridized carbons (Fsp3) is 0.364. The highest BCUT2D eigenvalue weighted by atomic mass is 32.2. The van der Waals surface area contributed by atoms with E-state index in [4.69, 9.17) is 5.14 Å². The number of amides is 1. The monoisotopic (exact) mass is 442 g/mol. The van der Waals surface area contributed by atoms with E-state index in [2.05, 4.69) is 10.6 Å². The summed E-state index contributed by atoms with van der Waals surface area (Å²) in [5.74, 6) is -0.449. The first-order valence-electron chi connectivity index (χ1n) is 10.1. The average molecular weight is 443 g/mol. The second-order valence-corrected chi connectivity index (χ2v) is 9.75. The molecule has 0 aromatic heterocycles. The lowest BCUT2D eigenvalue weighted by Crippen LogP contribution is -2.50. The number of carbonyl (C=O) groups is 1. The number of halogens is 1. The summed E-state index contributed by atoms with van der Waals surface area (Å²) in [5.41, 5.74) is 1.28. The van der Waals surface area contributed by atoms with Crippen LogP contribution in [0.4, 0.5) is 4.39 Å². The molecule has 9 heteroatoms. The topological polar surface area (TPSA) is 125 Å². The van der Waals surface area contributed by atoms with E-state index in [-0.39, 0.29) is 23.3 Å². The van der Waals surface area contributed by atoms with E-state index in [0.29, 0.717) is 28.7 Å². The maximum atomic E-state index is 14.8. The fourth-order valence-electron chi connectivity index (χ4n) is 4.51. The molecular formula is C22H23FN4O3S. The lowest BCUT2D eigenvalue weighted by Gasteiger charge is -2.23. The molecule has 7 nitrogen and oxygen atoms in total. The summed E-state index contributed by atoms with van der Waals surface area (Å²) in [5, 5.41) is 20.6. The number of piperidine rings is 1. The summed E-state index contributed by atoms with van der Waals surface area (Å²) in [6, 6.07) is 11.7. The number of nitrogens with two attached hydrogens (primary N) is 1. The minimum atomic E-state index is -3.87. The molecule has 2 fully saturated rings. The number of hydrogen-bond donors (Lipinski definition) is 3. The number of sulfonamides is 1. The van der Waals surface area contributed by atoms with Crippen LogP contribution in [-0.2, 0) is 21.2 Å². The minimum Gasteiger partial charge on any atom is -0.339 e. The van der Waals surface area contributed by atoms with Gasteiger partial charge >= 0.3 is 0 Å². The number of benzene rings is 2. The minimum absolute atomic E-state index is 0.0341. The van der Waals surface area contributed by atoms with Gasteiger partial charge in [0.05, 0.1) is 17.0 Å². The van der Waals surface area contributed by atoms with Crippen molar-refractivity contribution >= 4 is 15.9 Å². The van der Waals surface area contributed by atoms with Crippen LogP contribution in [0.1, 0.15) is 24.8 Å². The zero-order valence-corrected chi connectivity index (χ0v) is 17.5. The van der Waals surface area contributed by atoms with Gasteiger partial charge in [0.2, 0.25) is 15.9 Å². The Labute approximate surface area is 180 Å². The summed E-state index contributed by atoms with van der Waals surface area (Å²) >= 11 is 0. The van der Waals surface area contributed by atoms with Gasteiger partial charge in [0.15, 0.2) is 0 Å². The number of rotatable bonds is 6. The average Bonchev–Trinajstić information content (AvgIpc) is 3.37. The van der Waals surface area contributed by atoms with Crippen molar-refractivity contribution in [2.75, 3.05) is 0 Å².